The summed E-state index contributed by atoms with van der Waals surface area (Å²) in [5, 5.41) is 11.2. The Morgan fingerprint density at radius 1 is 1.06 bits per heavy atom. The molecule has 0 unspecified atom stereocenters. The summed E-state index contributed by atoms with van der Waals surface area (Å²) in [7, 11) is 4.15. The van der Waals surface area contributed by atoms with E-state index in [-0.39, 0.29) is 0 Å². The van der Waals surface area contributed by atoms with Crippen LogP contribution in [0.15, 0.2) is 29.2 Å². The van der Waals surface area contributed by atoms with Crippen LogP contribution in [0.25, 0.3) is 0 Å². The molecular formula is C24H34N6S2. The van der Waals surface area contributed by atoms with E-state index in [2.05, 4.69) is 65.5 Å². The van der Waals surface area contributed by atoms with Gasteiger partial charge in [-0.2, -0.15) is 4.98 Å². The van der Waals surface area contributed by atoms with E-state index >= 15 is 0 Å². The molecule has 6 nitrogen and oxygen atoms in total. The molecule has 1 heterocycles. The summed E-state index contributed by atoms with van der Waals surface area (Å²) in [6.45, 7) is 0. The molecule has 3 N–H and O–H groups in total. The van der Waals surface area contributed by atoms with E-state index in [4.69, 9.17) is 22.2 Å². The first-order chi connectivity index (χ1) is 15.5. The summed E-state index contributed by atoms with van der Waals surface area (Å²) < 4.78 is 0. The molecule has 0 bridgehead atoms. The van der Waals surface area contributed by atoms with Crippen LogP contribution >= 0.6 is 24.0 Å². The topological polar surface area (TPSA) is 65.1 Å². The Bertz CT molecular complexity index is 940. The van der Waals surface area contributed by atoms with Gasteiger partial charge in [0.25, 0.3) is 0 Å². The minimum atomic E-state index is 0.401. The van der Waals surface area contributed by atoms with Gasteiger partial charge in [0.2, 0.25) is 5.95 Å². The Kier molecular flexibility index (Phi) is 7.73. The van der Waals surface area contributed by atoms with Gasteiger partial charge < -0.3 is 20.9 Å². The molecule has 2 aliphatic rings. The number of hydrogen-bond acceptors (Lipinski definition) is 6. The number of thioether (sulfide) groups is 1. The average Bonchev–Trinajstić information content (AvgIpc) is 2.80. The highest BCUT2D eigenvalue weighted by Crippen LogP contribution is 2.29. The highest BCUT2D eigenvalue weighted by molar-refractivity contribution is 7.98. The van der Waals surface area contributed by atoms with E-state index in [0.29, 0.717) is 17.2 Å². The third-order valence-electron chi connectivity index (χ3n) is 6.31. The van der Waals surface area contributed by atoms with Gasteiger partial charge in [0.05, 0.1) is 5.69 Å². The SMILES string of the molecule is CSc1cccc(NC(=S)N[C@H]2CC[C@@H](Nc3nc4c(c(N(C)C)n3)CCCC4)CC2)c1. The van der Waals surface area contributed by atoms with Gasteiger partial charge in [-0.15, -0.1) is 11.8 Å². The van der Waals surface area contributed by atoms with Gasteiger partial charge in [-0.1, -0.05) is 6.07 Å². The van der Waals surface area contributed by atoms with Crippen molar-refractivity contribution in [1.29, 1.82) is 0 Å². The zero-order valence-electron chi connectivity index (χ0n) is 19.3. The highest BCUT2D eigenvalue weighted by atomic mass is 32.2. The lowest BCUT2D eigenvalue weighted by Crippen LogP contribution is -2.42. The van der Waals surface area contributed by atoms with E-state index in [1.54, 1.807) is 11.8 Å². The third-order valence-corrected chi connectivity index (χ3v) is 7.25. The summed E-state index contributed by atoms with van der Waals surface area (Å²) in [6.07, 6.45) is 11.0. The van der Waals surface area contributed by atoms with Crippen LogP contribution in [0, 0.1) is 0 Å². The summed E-state index contributed by atoms with van der Waals surface area (Å²) in [4.78, 5) is 13.1. The molecule has 2 aliphatic carbocycles. The maximum absolute atomic E-state index is 5.56. The Labute approximate surface area is 201 Å². The predicted octanol–water partition coefficient (Wildman–Crippen LogP) is 4.85. The Morgan fingerprint density at radius 3 is 2.56 bits per heavy atom. The number of hydrogen-bond donors (Lipinski definition) is 3. The molecule has 0 amide bonds. The second-order valence-electron chi connectivity index (χ2n) is 8.92. The molecule has 32 heavy (non-hydrogen) atoms. The Balaban J connectivity index is 1.29. The summed E-state index contributed by atoms with van der Waals surface area (Å²) in [5.41, 5.74) is 3.60. The van der Waals surface area contributed by atoms with Crippen LogP contribution in [0.1, 0.15) is 49.8 Å². The molecule has 1 saturated carbocycles. The molecule has 1 aromatic heterocycles. The van der Waals surface area contributed by atoms with Crippen LogP contribution in [-0.4, -0.2) is 47.5 Å². The number of aromatic nitrogens is 2. The molecule has 0 radical (unpaired) electrons. The molecule has 4 rings (SSSR count). The lowest BCUT2D eigenvalue weighted by Gasteiger charge is -2.31. The molecule has 1 aromatic carbocycles. The van der Waals surface area contributed by atoms with Gasteiger partial charge in [-0.05, 0) is 88.0 Å². The van der Waals surface area contributed by atoms with Gasteiger partial charge in [0.1, 0.15) is 5.82 Å². The first-order valence-electron chi connectivity index (χ1n) is 11.6. The van der Waals surface area contributed by atoms with Crippen molar-refractivity contribution in [3.05, 3.63) is 35.5 Å². The van der Waals surface area contributed by atoms with Crippen molar-refractivity contribution >= 4 is 46.5 Å². The van der Waals surface area contributed by atoms with Gasteiger partial charge in [0.15, 0.2) is 5.11 Å². The van der Waals surface area contributed by atoms with E-state index < -0.39 is 0 Å². The van der Waals surface area contributed by atoms with Crippen molar-refractivity contribution < 1.29 is 0 Å². The van der Waals surface area contributed by atoms with Crippen molar-refractivity contribution in [3.8, 4) is 0 Å². The molecule has 0 atom stereocenters. The zero-order valence-corrected chi connectivity index (χ0v) is 20.9. The number of benzene rings is 1. The number of nitrogens with one attached hydrogen (secondary N) is 3. The quantitative estimate of drug-likeness (QED) is 0.409. The zero-order chi connectivity index (χ0) is 22.5. The van der Waals surface area contributed by atoms with Crippen LogP contribution in [0.2, 0.25) is 0 Å². The lowest BCUT2D eigenvalue weighted by atomic mass is 9.91. The van der Waals surface area contributed by atoms with Crippen molar-refractivity contribution in [3.63, 3.8) is 0 Å². The minimum absolute atomic E-state index is 0.401. The molecule has 0 saturated heterocycles. The molecular weight excluding hydrogens is 436 g/mol. The maximum Gasteiger partial charge on any atom is 0.225 e. The predicted molar refractivity (Wildman–Crippen MR) is 140 cm³/mol. The van der Waals surface area contributed by atoms with Gasteiger partial charge >= 0.3 is 0 Å². The molecule has 8 heteroatoms. The molecule has 2 aromatic rings. The van der Waals surface area contributed by atoms with Crippen LogP contribution in [-0.2, 0) is 12.8 Å². The molecule has 172 valence electrons. The fourth-order valence-electron chi connectivity index (χ4n) is 4.63. The highest BCUT2D eigenvalue weighted by Gasteiger charge is 2.24. The Morgan fingerprint density at radius 2 is 1.81 bits per heavy atom. The summed E-state index contributed by atoms with van der Waals surface area (Å²) >= 11 is 7.29. The number of fused-ring (bicyclic) bond motifs is 1. The normalized spacial score (nSPS) is 20.2. The fraction of sp³-hybridized carbons (Fsp3) is 0.542. The fourth-order valence-corrected chi connectivity index (χ4v) is 5.37. The van der Waals surface area contributed by atoms with Crippen molar-refractivity contribution in [1.82, 2.24) is 15.3 Å². The van der Waals surface area contributed by atoms with E-state index in [1.807, 2.05) is 0 Å². The van der Waals surface area contributed by atoms with Crippen LogP contribution in [0.5, 0.6) is 0 Å². The van der Waals surface area contributed by atoms with Crippen molar-refractivity contribution in [2.75, 3.05) is 35.9 Å². The minimum Gasteiger partial charge on any atom is -0.362 e. The largest absolute Gasteiger partial charge is 0.362 e. The number of anilines is 3. The monoisotopic (exact) mass is 470 g/mol. The maximum atomic E-state index is 5.56. The van der Waals surface area contributed by atoms with Crippen molar-refractivity contribution in [2.45, 2.75) is 68.3 Å². The van der Waals surface area contributed by atoms with Crippen LogP contribution < -0.4 is 20.9 Å². The molecule has 0 spiro atoms. The lowest BCUT2D eigenvalue weighted by molar-refractivity contribution is 0.387. The van der Waals surface area contributed by atoms with E-state index in [9.17, 15) is 0 Å². The van der Waals surface area contributed by atoms with Gasteiger partial charge in [-0.25, -0.2) is 4.98 Å². The van der Waals surface area contributed by atoms with Gasteiger partial charge in [-0.3, -0.25) is 0 Å². The van der Waals surface area contributed by atoms with Gasteiger partial charge in [0, 0.05) is 42.3 Å². The third kappa shape index (κ3) is 5.84. The molecule has 1 fully saturated rings. The Hall–Kier alpha value is -2.06. The van der Waals surface area contributed by atoms with E-state index in [0.717, 1.165) is 56.0 Å². The summed E-state index contributed by atoms with van der Waals surface area (Å²) in [6, 6.07) is 9.14. The standard InChI is InChI=1S/C24H34N6S2/c1-30(2)22-20-9-4-5-10-21(20)28-23(29-22)25-16-11-13-17(14-12-16)26-24(31)27-18-7-6-8-19(15-18)32-3/h6-8,15-17H,4-5,9-14H2,1-3H3,(H,25,28,29)(H2,26,27,31)/t16-,17+. The number of nitrogens with zero attached hydrogens (tertiary/aromatic N) is 3. The number of rotatable bonds is 6. The number of aryl methyl sites for hydroxylation is 1. The first kappa shape index (κ1) is 23.1. The first-order valence-corrected chi connectivity index (χ1v) is 13.2. The smallest absolute Gasteiger partial charge is 0.225 e. The van der Waals surface area contributed by atoms with Crippen molar-refractivity contribution in [2.24, 2.45) is 0 Å². The second-order valence-corrected chi connectivity index (χ2v) is 10.2. The van der Waals surface area contributed by atoms with Crippen LogP contribution in [0.4, 0.5) is 17.5 Å². The average molecular weight is 471 g/mol. The molecule has 0 aliphatic heterocycles. The summed E-state index contributed by atoms with van der Waals surface area (Å²) in [5.74, 6) is 1.87. The number of thiocarbonyl (C=S) groups is 1. The second kappa shape index (κ2) is 10.7. The van der Waals surface area contributed by atoms with Crippen LogP contribution in [0.3, 0.4) is 0 Å². The van der Waals surface area contributed by atoms with E-state index in [1.165, 1.54) is 29.0 Å².